The molecule has 0 unspecified atom stereocenters. The molecule has 0 spiro atoms. The molecule has 0 radical (unpaired) electrons. The average molecular weight is 351 g/mol. The van der Waals surface area contributed by atoms with Gasteiger partial charge in [0, 0.05) is 12.2 Å². The fourth-order valence-corrected chi connectivity index (χ4v) is 1.98. The topological polar surface area (TPSA) is 70.2 Å². The van der Waals surface area contributed by atoms with Crippen molar-refractivity contribution in [3.8, 4) is 0 Å². The number of rotatable bonds is 5. The molecule has 0 aliphatic rings. The quantitative estimate of drug-likeness (QED) is 0.774. The summed E-state index contributed by atoms with van der Waals surface area (Å²) in [5.41, 5.74) is 0.112. The molecular formula is C17H16F3N3O2. The zero-order valence-electron chi connectivity index (χ0n) is 13.1. The van der Waals surface area contributed by atoms with Gasteiger partial charge in [0.05, 0.1) is 12.1 Å². The van der Waals surface area contributed by atoms with E-state index in [0.717, 1.165) is 12.1 Å². The van der Waals surface area contributed by atoms with Gasteiger partial charge in [-0.25, -0.2) is 4.79 Å². The molecule has 0 aromatic heterocycles. The minimum atomic E-state index is -4.43. The van der Waals surface area contributed by atoms with Crippen molar-refractivity contribution in [3.05, 3.63) is 65.7 Å². The number of nitrogens with one attached hydrogen (secondary N) is 3. The number of benzene rings is 2. The Balaban J connectivity index is 1.76. The van der Waals surface area contributed by atoms with Crippen LogP contribution in [0.2, 0.25) is 0 Å². The molecule has 0 saturated heterocycles. The van der Waals surface area contributed by atoms with Crippen molar-refractivity contribution in [3.63, 3.8) is 0 Å². The predicted molar refractivity (Wildman–Crippen MR) is 86.8 cm³/mol. The van der Waals surface area contributed by atoms with Gasteiger partial charge in [0.2, 0.25) is 5.91 Å². The van der Waals surface area contributed by atoms with Crippen LogP contribution in [0.1, 0.15) is 11.1 Å². The highest BCUT2D eigenvalue weighted by Crippen LogP contribution is 2.29. The fraction of sp³-hybridized carbons (Fsp3) is 0.176. The highest BCUT2D eigenvalue weighted by molar-refractivity contribution is 5.92. The van der Waals surface area contributed by atoms with Gasteiger partial charge in [-0.15, -0.1) is 0 Å². The highest BCUT2D eigenvalue weighted by atomic mass is 19.4. The number of halogens is 3. The number of amides is 3. The lowest BCUT2D eigenvalue weighted by Crippen LogP contribution is -2.38. The lowest BCUT2D eigenvalue weighted by molar-refractivity contribution is -0.137. The monoisotopic (exact) mass is 351 g/mol. The van der Waals surface area contributed by atoms with E-state index in [1.54, 1.807) is 30.3 Å². The minimum Gasteiger partial charge on any atom is -0.350 e. The predicted octanol–water partition coefficient (Wildman–Crippen LogP) is 3.14. The van der Waals surface area contributed by atoms with Gasteiger partial charge in [-0.1, -0.05) is 30.3 Å². The number of hydrogen-bond acceptors (Lipinski definition) is 2. The summed E-state index contributed by atoms with van der Waals surface area (Å²) in [6, 6.07) is 12.8. The SMILES string of the molecule is O=C(CNC(=O)Nc1ccccc1)NCc1cccc(C(F)(F)F)c1. The number of hydrogen-bond donors (Lipinski definition) is 3. The van der Waals surface area contributed by atoms with E-state index in [4.69, 9.17) is 0 Å². The molecule has 0 saturated carbocycles. The standard InChI is InChI=1S/C17H16F3N3O2/c18-17(19,20)13-6-4-5-12(9-13)10-21-15(24)11-22-16(25)23-14-7-2-1-3-8-14/h1-9H,10-11H2,(H,21,24)(H2,22,23,25). The van der Waals surface area contributed by atoms with E-state index in [9.17, 15) is 22.8 Å². The lowest BCUT2D eigenvalue weighted by atomic mass is 10.1. The summed E-state index contributed by atoms with van der Waals surface area (Å²) in [6.07, 6.45) is -4.43. The molecule has 3 amide bonds. The lowest BCUT2D eigenvalue weighted by Gasteiger charge is -2.10. The number of carbonyl (C=O) groups is 2. The molecule has 2 aromatic carbocycles. The number of para-hydroxylation sites is 1. The van der Waals surface area contributed by atoms with Crippen molar-refractivity contribution < 1.29 is 22.8 Å². The van der Waals surface area contributed by atoms with Crippen LogP contribution in [0.4, 0.5) is 23.7 Å². The molecule has 2 aromatic rings. The molecule has 132 valence electrons. The molecule has 2 rings (SSSR count). The first-order chi connectivity index (χ1) is 11.8. The Morgan fingerprint density at radius 1 is 0.920 bits per heavy atom. The Morgan fingerprint density at radius 3 is 2.32 bits per heavy atom. The molecule has 8 heteroatoms. The summed E-state index contributed by atoms with van der Waals surface area (Å²) in [6.45, 7) is -0.359. The number of urea groups is 1. The normalized spacial score (nSPS) is 10.8. The largest absolute Gasteiger partial charge is 0.416 e. The van der Waals surface area contributed by atoms with Gasteiger partial charge in [-0.2, -0.15) is 13.2 Å². The summed E-state index contributed by atoms with van der Waals surface area (Å²) in [5, 5.41) is 7.35. The molecule has 0 bridgehead atoms. The third-order valence-electron chi connectivity index (χ3n) is 3.19. The highest BCUT2D eigenvalue weighted by Gasteiger charge is 2.30. The van der Waals surface area contributed by atoms with E-state index < -0.39 is 23.7 Å². The van der Waals surface area contributed by atoms with Gasteiger partial charge in [-0.05, 0) is 29.8 Å². The average Bonchev–Trinajstić information content (AvgIpc) is 2.58. The summed E-state index contributed by atoms with van der Waals surface area (Å²) < 4.78 is 37.8. The minimum absolute atomic E-state index is 0.0647. The molecule has 0 aliphatic carbocycles. The first kappa shape index (κ1) is 18.3. The van der Waals surface area contributed by atoms with Crippen molar-refractivity contribution in [1.82, 2.24) is 10.6 Å². The zero-order valence-corrected chi connectivity index (χ0v) is 13.1. The van der Waals surface area contributed by atoms with Crippen LogP contribution in [0.3, 0.4) is 0 Å². The first-order valence-electron chi connectivity index (χ1n) is 7.37. The Morgan fingerprint density at radius 2 is 1.64 bits per heavy atom. The molecule has 0 fully saturated rings. The van der Waals surface area contributed by atoms with Gasteiger partial charge < -0.3 is 16.0 Å². The van der Waals surface area contributed by atoms with E-state index in [-0.39, 0.29) is 13.1 Å². The maximum Gasteiger partial charge on any atom is 0.416 e. The summed E-state index contributed by atoms with van der Waals surface area (Å²) >= 11 is 0. The van der Waals surface area contributed by atoms with Crippen LogP contribution in [0.25, 0.3) is 0 Å². The van der Waals surface area contributed by atoms with Crippen LogP contribution >= 0.6 is 0 Å². The van der Waals surface area contributed by atoms with Crippen LogP contribution in [-0.4, -0.2) is 18.5 Å². The number of anilines is 1. The van der Waals surface area contributed by atoms with Gasteiger partial charge in [0.15, 0.2) is 0 Å². The van der Waals surface area contributed by atoms with Crippen molar-refractivity contribution in [2.75, 3.05) is 11.9 Å². The van der Waals surface area contributed by atoms with Gasteiger partial charge >= 0.3 is 12.2 Å². The number of alkyl halides is 3. The van der Waals surface area contributed by atoms with E-state index in [1.165, 1.54) is 12.1 Å². The third kappa shape index (κ3) is 6.17. The summed E-state index contributed by atoms with van der Waals surface area (Å²) in [4.78, 5) is 23.3. The molecule has 25 heavy (non-hydrogen) atoms. The molecule has 0 heterocycles. The van der Waals surface area contributed by atoms with E-state index in [0.29, 0.717) is 11.3 Å². The van der Waals surface area contributed by atoms with Crippen LogP contribution in [0.5, 0.6) is 0 Å². The van der Waals surface area contributed by atoms with Crippen LogP contribution in [0.15, 0.2) is 54.6 Å². The third-order valence-corrected chi connectivity index (χ3v) is 3.19. The molecule has 5 nitrogen and oxygen atoms in total. The van der Waals surface area contributed by atoms with Crippen LogP contribution in [-0.2, 0) is 17.5 Å². The second-order valence-electron chi connectivity index (χ2n) is 5.15. The van der Waals surface area contributed by atoms with Crippen molar-refractivity contribution >= 4 is 17.6 Å². The Hall–Kier alpha value is -3.03. The second-order valence-corrected chi connectivity index (χ2v) is 5.15. The Labute approximate surface area is 142 Å². The van der Waals surface area contributed by atoms with Crippen LogP contribution in [0, 0.1) is 0 Å². The maximum absolute atomic E-state index is 12.6. The van der Waals surface area contributed by atoms with Crippen LogP contribution < -0.4 is 16.0 Å². The molecule has 0 aliphatic heterocycles. The van der Waals surface area contributed by atoms with Gasteiger partial charge in [0.1, 0.15) is 0 Å². The molecule has 3 N–H and O–H groups in total. The van der Waals surface area contributed by atoms with Gasteiger partial charge in [0.25, 0.3) is 0 Å². The van der Waals surface area contributed by atoms with E-state index in [2.05, 4.69) is 16.0 Å². The summed E-state index contributed by atoms with van der Waals surface area (Å²) in [5.74, 6) is -0.513. The van der Waals surface area contributed by atoms with Crippen molar-refractivity contribution in [1.29, 1.82) is 0 Å². The molecule has 0 atom stereocenters. The Kier molecular flexibility index (Phi) is 5.99. The van der Waals surface area contributed by atoms with E-state index >= 15 is 0 Å². The van der Waals surface area contributed by atoms with Crippen molar-refractivity contribution in [2.45, 2.75) is 12.7 Å². The number of carbonyl (C=O) groups excluding carboxylic acids is 2. The summed E-state index contributed by atoms with van der Waals surface area (Å²) in [7, 11) is 0. The van der Waals surface area contributed by atoms with E-state index in [1.807, 2.05) is 0 Å². The Bertz CT molecular complexity index is 733. The molecular weight excluding hydrogens is 335 g/mol. The van der Waals surface area contributed by atoms with Gasteiger partial charge in [-0.3, -0.25) is 4.79 Å². The first-order valence-corrected chi connectivity index (χ1v) is 7.37. The smallest absolute Gasteiger partial charge is 0.350 e. The maximum atomic E-state index is 12.6. The second kappa shape index (κ2) is 8.18. The fourth-order valence-electron chi connectivity index (χ4n) is 1.98. The zero-order chi connectivity index (χ0) is 18.3. The van der Waals surface area contributed by atoms with Crippen molar-refractivity contribution in [2.24, 2.45) is 0 Å².